The van der Waals surface area contributed by atoms with Gasteiger partial charge in [-0.1, -0.05) is 30.0 Å². The lowest BCUT2D eigenvalue weighted by molar-refractivity contribution is -0.115. The number of nitrogens with zero attached hydrogens (tertiary/aromatic N) is 4. The number of aromatic nitrogens is 1. The second kappa shape index (κ2) is 9.49. The van der Waals surface area contributed by atoms with Crippen LogP contribution < -0.4 is 9.80 Å². The summed E-state index contributed by atoms with van der Waals surface area (Å²) in [6, 6.07) is 11.9. The minimum absolute atomic E-state index is 0.0406. The molecule has 0 radical (unpaired) electrons. The molecule has 1 aromatic heterocycles. The fourth-order valence-corrected chi connectivity index (χ4v) is 4.92. The van der Waals surface area contributed by atoms with Gasteiger partial charge in [0.15, 0.2) is 0 Å². The van der Waals surface area contributed by atoms with Gasteiger partial charge in [0.2, 0.25) is 5.91 Å². The second-order valence-electron chi connectivity index (χ2n) is 8.59. The zero-order chi connectivity index (χ0) is 22.7. The first kappa shape index (κ1) is 22.6. The molecule has 1 saturated heterocycles. The van der Waals surface area contributed by atoms with E-state index < -0.39 is 0 Å². The van der Waals surface area contributed by atoms with E-state index in [1.165, 1.54) is 11.8 Å². The standard InChI is InChI=1S/C24H28N4O3S/c1-24(2)13-18-19(14-25)23(32-16-21(29)27(3)17-7-5-4-6-8-17)26-22(20(18)15-31-24)28-9-11-30-12-10-28/h4-8H,9-13,15-16H2,1-3H3. The fraction of sp³-hybridized carbons (Fsp3) is 0.458. The average Bonchev–Trinajstić information content (AvgIpc) is 2.81. The molecule has 0 unspecified atom stereocenters. The third-order valence-electron chi connectivity index (χ3n) is 5.84. The van der Waals surface area contributed by atoms with Crippen molar-refractivity contribution in [3.8, 4) is 6.07 Å². The van der Waals surface area contributed by atoms with Crippen molar-refractivity contribution in [1.82, 2.24) is 4.98 Å². The molecule has 0 aliphatic carbocycles. The maximum absolute atomic E-state index is 12.8. The number of anilines is 2. The summed E-state index contributed by atoms with van der Waals surface area (Å²) in [6.07, 6.45) is 0.635. The van der Waals surface area contributed by atoms with E-state index in [0.717, 1.165) is 35.7 Å². The molecule has 2 aliphatic heterocycles. The van der Waals surface area contributed by atoms with E-state index in [1.54, 1.807) is 11.9 Å². The molecule has 2 aliphatic rings. The lowest BCUT2D eigenvalue weighted by Crippen LogP contribution is -2.40. The topological polar surface area (TPSA) is 78.7 Å². The number of morpholine rings is 1. The van der Waals surface area contributed by atoms with Crippen LogP contribution in [0.25, 0.3) is 0 Å². The minimum atomic E-state index is -0.354. The molecule has 7 nitrogen and oxygen atoms in total. The second-order valence-corrected chi connectivity index (χ2v) is 9.55. The van der Waals surface area contributed by atoms with Gasteiger partial charge in [0, 0.05) is 37.8 Å². The highest BCUT2D eigenvalue weighted by Gasteiger charge is 2.33. The number of benzene rings is 1. The van der Waals surface area contributed by atoms with Crippen LogP contribution in [0.5, 0.6) is 0 Å². The average molecular weight is 453 g/mol. The van der Waals surface area contributed by atoms with Crippen molar-refractivity contribution in [2.45, 2.75) is 37.5 Å². The van der Waals surface area contributed by atoms with Gasteiger partial charge in [0.25, 0.3) is 0 Å². The van der Waals surface area contributed by atoms with E-state index >= 15 is 0 Å². The van der Waals surface area contributed by atoms with E-state index in [4.69, 9.17) is 14.5 Å². The number of rotatable bonds is 5. The molecule has 8 heteroatoms. The van der Waals surface area contributed by atoms with Crippen molar-refractivity contribution in [2.24, 2.45) is 0 Å². The Balaban J connectivity index is 1.65. The number of hydrogen-bond acceptors (Lipinski definition) is 7. The van der Waals surface area contributed by atoms with Crippen LogP contribution in [0.15, 0.2) is 35.4 Å². The molecule has 2 aromatic rings. The van der Waals surface area contributed by atoms with Crippen molar-refractivity contribution in [2.75, 3.05) is 48.9 Å². The van der Waals surface area contributed by atoms with Gasteiger partial charge in [-0.3, -0.25) is 4.79 Å². The number of ether oxygens (including phenoxy) is 2. The zero-order valence-electron chi connectivity index (χ0n) is 18.8. The third kappa shape index (κ3) is 4.75. The van der Waals surface area contributed by atoms with Crippen LogP contribution in [-0.4, -0.2) is 55.6 Å². The van der Waals surface area contributed by atoms with Crippen LogP contribution in [0.4, 0.5) is 11.5 Å². The summed E-state index contributed by atoms with van der Waals surface area (Å²) in [4.78, 5) is 21.6. The Kier molecular flexibility index (Phi) is 6.70. The molecule has 0 saturated carbocycles. The number of pyridine rings is 1. The van der Waals surface area contributed by atoms with Crippen molar-refractivity contribution < 1.29 is 14.3 Å². The first-order valence-electron chi connectivity index (χ1n) is 10.8. The normalized spacial score (nSPS) is 17.4. The maximum atomic E-state index is 12.8. The van der Waals surface area contributed by atoms with Crippen molar-refractivity contribution in [3.63, 3.8) is 0 Å². The Hall–Kier alpha value is -2.60. The van der Waals surface area contributed by atoms with E-state index in [0.29, 0.717) is 36.8 Å². The highest BCUT2D eigenvalue weighted by molar-refractivity contribution is 8.00. The molecule has 1 aromatic carbocycles. The number of hydrogen-bond donors (Lipinski definition) is 0. The van der Waals surface area contributed by atoms with Crippen LogP contribution in [0.1, 0.15) is 30.5 Å². The first-order chi connectivity index (χ1) is 15.4. The van der Waals surface area contributed by atoms with Gasteiger partial charge in [-0.25, -0.2) is 4.98 Å². The van der Waals surface area contributed by atoms with E-state index in [1.807, 2.05) is 44.2 Å². The number of thioether (sulfide) groups is 1. The number of para-hydroxylation sites is 1. The maximum Gasteiger partial charge on any atom is 0.237 e. The number of carbonyl (C=O) groups excluding carboxylic acids is 1. The van der Waals surface area contributed by atoms with Gasteiger partial charge in [-0.15, -0.1) is 0 Å². The summed E-state index contributed by atoms with van der Waals surface area (Å²) < 4.78 is 11.6. The number of amides is 1. The monoisotopic (exact) mass is 452 g/mol. The quantitative estimate of drug-likeness (QED) is 0.644. The lowest BCUT2D eigenvalue weighted by atomic mass is 9.89. The molecule has 168 valence electrons. The predicted octanol–water partition coefficient (Wildman–Crippen LogP) is 3.40. The Morgan fingerprint density at radius 1 is 1.25 bits per heavy atom. The SMILES string of the molecule is CN(C(=O)CSc1nc(N2CCOCC2)c2c(c1C#N)CC(C)(C)OC2)c1ccccc1. The number of fused-ring (bicyclic) bond motifs is 1. The molecule has 0 spiro atoms. The summed E-state index contributed by atoms with van der Waals surface area (Å²) in [5.41, 5.74) is 3.03. The van der Waals surface area contributed by atoms with Crippen molar-refractivity contribution in [1.29, 1.82) is 5.26 Å². The molecule has 1 amide bonds. The highest BCUT2D eigenvalue weighted by atomic mass is 32.2. The Morgan fingerprint density at radius 3 is 2.66 bits per heavy atom. The van der Waals surface area contributed by atoms with Crippen LogP contribution >= 0.6 is 11.8 Å². The van der Waals surface area contributed by atoms with Crippen molar-refractivity contribution in [3.05, 3.63) is 47.0 Å². The highest BCUT2D eigenvalue weighted by Crippen LogP contribution is 2.38. The van der Waals surface area contributed by atoms with Crippen LogP contribution in [0.3, 0.4) is 0 Å². The molecule has 0 atom stereocenters. The van der Waals surface area contributed by atoms with E-state index in [-0.39, 0.29) is 17.3 Å². The van der Waals surface area contributed by atoms with Gasteiger partial charge in [-0.2, -0.15) is 5.26 Å². The smallest absolute Gasteiger partial charge is 0.237 e. The van der Waals surface area contributed by atoms with Crippen LogP contribution in [0, 0.1) is 11.3 Å². The van der Waals surface area contributed by atoms with Crippen LogP contribution in [0.2, 0.25) is 0 Å². The third-order valence-corrected chi connectivity index (χ3v) is 6.80. The van der Waals surface area contributed by atoms with Gasteiger partial charge < -0.3 is 19.3 Å². The van der Waals surface area contributed by atoms with Crippen LogP contribution in [-0.2, 0) is 27.3 Å². The van der Waals surface area contributed by atoms with Gasteiger partial charge >= 0.3 is 0 Å². The predicted molar refractivity (Wildman–Crippen MR) is 125 cm³/mol. The first-order valence-corrected chi connectivity index (χ1v) is 11.7. The molecule has 0 bridgehead atoms. The molecular weight excluding hydrogens is 424 g/mol. The summed E-state index contributed by atoms with van der Waals surface area (Å²) in [5, 5.41) is 10.6. The Morgan fingerprint density at radius 2 is 1.97 bits per heavy atom. The number of nitriles is 1. The molecule has 0 N–H and O–H groups in total. The molecule has 4 rings (SSSR count). The number of carbonyl (C=O) groups is 1. The largest absolute Gasteiger partial charge is 0.378 e. The molecular formula is C24H28N4O3S. The zero-order valence-corrected chi connectivity index (χ0v) is 19.6. The van der Waals surface area contributed by atoms with Gasteiger partial charge in [-0.05, 0) is 31.5 Å². The summed E-state index contributed by atoms with van der Waals surface area (Å²) >= 11 is 1.33. The Labute approximate surface area is 193 Å². The molecule has 1 fully saturated rings. The Bertz CT molecular complexity index is 1030. The molecule has 3 heterocycles. The van der Waals surface area contributed by atoms with E-state index in [2.05, 4.69) is 11.0 Å². The summed E-state index contributed by atoms with van der Waals surface area (Å²) in [6.45, 7) is 7.28. The minimum Gasteiger partial charge on any atom is -0.378 e. The summed E-state index contributed by atoms with van der Waals surface area (Å²) in [5.74, 6) is 1.01. The molecule has 32 heavy (non-hydrogen) atoms. The van der Waals surface area contributed by atoms with Crippen molar-refractivity contribution >= 4 is 29.2 Å². The lowest BCUT2D eigenvalue weighted by Gasteiger charge is -2.37. The van der Waals surface area contributed by atoms with Gasteiger partial charge in [0.05, 0.1) is 36.7 Å². The summed E-state index contributed by atoms with van der Waals surface area (Å²) in [7, 11) is 1.77. The van der Waals surface area contributed by atoms with E-state index in [9.17, 15) is 10.1 Å². The fourth-order valence-electron chi connectivity index (χ4n) is 4.00. The van der Waals surface area contributed by atoms with Gasteiger partial charge in [0.1, 0.15) is 16.9 Å².